The van der Waals surface area contributed by atoms with Gasteiger partial charge in [-0.05, 0) is 29.7 Å². The fourth-order valence-electron chi connectivity index (χ4n) is 5.37. The molecule has 1 rings (SSSR count). The summed E-state index contributed by atoms with van der Waals surface area (Å²) in [6, 6.07) is 7.72. The molecule has 0 heterocycles. The largest absolute Gasteiger partial charge is 0.481 e. The first-order valence-electron chi connectivity index (χ1n) is 14.8. The van der Waals surface area contributed by atoms with E-state index >= 15 is 0 Å². The second kappa shape index (κ2) is 18.7. The van der Waals surface area contributed by atoms with Gasteiger partial charge in [0.05, 0.1) is 24.2 Å². The van der Waals surface area contributed by atoms with Gasteiger partial charge in [-0.15, -0.1) is 0 Å². The first-order valence-corrected chi connectivity index (χ1v) is 14.8. The molecule has 238 valence electrons. The first-order chi connectivity index (χ1) is 20.4. The van der Waals surface area contributed by atoms with Crippen LogP contribution in [0.25, 0.3) is 0 Å². The minimum absolute atomic E-state index is 0.0394. The molecule has 5 unspecified atom stereocenters. The van der Waals surface area contributed by atoms with Gasteiger partial charge < -0.3 is 29.7 Å². The molecule has 0 bridgehead atoms. The Morgan fingerprint density at radius 2 is 1.58 bits per heavy atom. The van der Waals surface area contributed by atoms with Crippen molar-refractivity contribution in [3.05, 3.63) is 53.2 Å². The number of carboxylic acid groups (broad SMARTS) is 1. The SMILES string of the molecule is CCC(C)C(C(CCC(=O)O)OC)N(C)C(=C=O)C(NC(=C=O)C(C(C)C)N(C)C(=C=O)OCc1ccccc1)C(C)C. The molecular weight excluding hydrogens is 550 g/mol. The molecule has 0 aliphatic heterocycles. The van der Waals surface area contributed by atoms with E-state index in [4.69, 9.17) is 9.47 Å². The highest BCUT2D eigenvalue weighted by Crippen LogP contribution is 2.28. The molecule has 10 heteroatoms. The minimum Gasteiger partial charge on any atom is -0.481 e. The lowest BCUT2D eigenvalue weighted by molar-refractivity contribution is -0.138. The van der Waals surface area contributed by atoms with Gasteiger partial charge >= 0.3 is 5.97 Å². The number of hydrogen-bond acceptors (Lipinski definition) is 9. The van der Waals surface area contributed by atoms with Crippen LogP contribution < -0.4 is 5.32 Å². The van der Waals surface area contributed by atoms with Crippen molar-refractivity contribution in [2.45, 2.75) is 91.6 Å². The Labute approximate surface area is 256 Å². The summed E-state index contributed by atoms with van der Waals surface area (Å²) < 4.78 is 11.5. The molecular formula is C33H49N3O7. The molecule has 0 aliphatic rings. The number of methoxy groups -OCH3 is 1. The van der Waals surface area contributed by atoms with Gasteiger partial charge in [0.2, 0.25) is 0 Å². The zero-order valence-corrected chi connectivity index (χ0v) is 27.0. The van der Waals surface area contributed by atoms with Crippen LogP contribution in [0.1, 0.15) is 66.4 Å². The minimum atomic E-state index is -0.929. The Bertz CT molecular complexity index is 1170. The number of rotatable bonds is 20. The molecule has 0 saturated heterocycles. The lowest BCUT2D eigenvalue weighted by Gasteiger charge is -2.42. The van der Waals surface area contributed by atoms with Crippen LogP contribution in [0.5, 0.6) is 0 Å². The van der Waals surface area contributed by atoms with E-state index in [1.54, 1.807) is 23.9 Å². The predicted octanol–water partition coefficient (Wildman–Crippen LogP) is 4.10. The molecule has 0 aliphatic carbocycles. The molecule has 1 aromatic rings. The quantitative estimate of drug-likeness (QED) is 0.167. The smallest absolute Gasteiger partial charge is 0.303 e. The summed E-state index contributed by atoms with van der Waals surface area (Å²) in [6.07, 6.45) is 0.479. The van der Waals surface area contributed by atoms with Crippen LogP contribution in [0.2, 0.25) is 0 Å². The Hall–Kier alpha value is -3.80. The van der Waals surface area contributed by atoms with Crippen LogP contribution in [-0.2, 0) is 35.3 Å². The molecule has 43 heavy (non-hydrogen) atoms. The first kappa shape index (κ1) is 37.2. The van der Waals surface area contributed by atoms with Crippen molar-refractivity contribution in [3.63, 3.8) is 0 Å². The van der Waals surface area contributed by atoms with Crippen LogP contribution in [0.15, 0.2) is 47.6 Å². The van der Waals surface area contributed by atoms with Gasteiger partial charge in [-0.2, -0.15) is 0 Å². The molecule has 2 N–H and O–H groups in total. The van der Waals surface area contributed by atoms with Crippen molar-refractivity contribution < 1.29 is 33.8 Å². The van der Waals surface area contributed by atoms with Crippen molar-refractivity contribution in [1.82, 2.24) is 15.1 Å². The number of likely N-dealkylation sites (N-methyl/N-ethyl adjacent to an activating group) is 2. The summed E-state index contributed by atoms with van der Waals surface area (Å²) in [4.78, 5) is 51.7. The zero-order chi connectivity index (χ0) is 32.7. The van der Waals surface area contributed by atoms with Gasteiger partial charge in [-0.3, -0.25) is 4.79 Å². The van der Waals surface area contributed by atoms with Gasteiger partial charge in [0.25, 0.3) is 5.88 Å². The Morgan fingerprint density at radius 1 is 0.953 bits per heavy atom. The van der Waals surface area contributed by atoms with Crippen molar-refractivity contribution in [3.8, 4) is 0 Å². The fourth-order valence-corrected chi connectivity index (χ4v) is 5.37. The molecule has 0 aromatic heterocycles. The third kappa shape index (κ3) is 10.8. The topological polar surface area (TPSA) is 125 Å². The number of hydrogen-bond donors (Lipinski definition) is 2. The van der Waals surface area contributed by atoms with Crippen LogP contribution in [0, 0.1) is 17.8 Å². The van der Waals surface area contributed by atoms with Crippen LogP contribution in [0.4, 0.5) is 0 Å². The summed E-state index contributed by atoms with van der Waals surface area (Å²) in [5.74, 6) is 4.66. The molecule has 0 amide bonds. The van der Waals surface area contributed by atoms with Crippen molar-refractivity contribution in [2.24, 2.45) is 17.8 Å². The van der Waals surface area contributed by atoms with Crippen LogP contribution >= 0.6 is 0 Å². The number of benzene rings is 1. The third-order valence-corrected chi connectivity index (χ3v) is 7.84. The number of carbonyl (C=O) groups excluding carboxylic acids is 3. The maximum atomic E-state index is 12.6. The molecule has 0 saturated carbocycles. The molecule has 10 nitrogen and oxygen atoms in total. The normalized spacial score (nSPS) is 14.3. The summed E-state index contributed by atoms with van der Waals surface area (Å²) in [6.45, 7) is 11.8. The Kier molecular flexibility index (Phi) is 16.2. The van der Waals surface area contributed by atoms with E-state index < -0.39 is 24.2 Å². The Morgan fingerprint density at radius 3 is 2.02 bits per heavy atom. The number of aliphatic carboxylic acids is 1. The average molecular weight is 600 g/mol. The van der Waals surface area contributed by atoms with E-state index in [1.165, 1.54) is 7.11 Å². The Balaban J connectivity index is 3.40. The summed E-state index contributed by atoms with van der Waals surface area (Å²) in [5, 5.41) is 12.5. The maximum absolute atomic E-state index is 12.6. The fraction of sp³-hybridized carbons (Fsp3) is 0.606. The van der Waals surface area contributed by atoms with Gasteiger partial charge in [-0.1, -0.05) is 78.3 Å². The summed E-state index contributed by atoms with van der Waals surface area (Å²) in [5.41, 5.74) is 1.27. The summed E-state index contributed by atoms with van der Waals surface area (Å²) in [7, 11) is 4.95. The molecule has 0 fully saturated rings. The molecule has 0 spiro atoms. The number of ether oxygens (including phenoxy) is 2. The standard InChI is InChI=1S/C33H49N3O7/c1-10-24(6)33(28(42-9)16-17-30(40)41)35(7)27(19-38)31(22(2)3)34-26(18-37)32(23(4)5)36(8)29(20-39)43-21-25-14-12-11-13-15-25/h11-15,22-24,28,31-34H,10,16-17,21H2,1-9H3,(H,40,41). The lowest BCUT2D eigenvalue weighted by atomic mass is 9.88. The van der Waals surface area contributed by atoms with Gasteiger partial charge in [0, 0.05) is 27.6 Å². The van der Waals surface area contributed by atoms with Gasteiger partial charge in [0.15, 0.2) is 5.94 Å². The van der Waals surface area contributed by atoms with E-state index in [0.29, 0.717) is 0 Å². The summed E-state index contributed by atoms with van der Waals surface area (Å²) >= 11 is 0. The highest BCUT2D eigenvalue weighted by atomic mass is 16.5. The monoisotopic (exact) mass is 599 g/mol. The number of nitrogens with zero attached hydrogens (tertiary/aromatic N) is 2. The van der Waals surface area contributed by atoms with E-state index in [-0.39, 0.29) is 60.5 Å². The highest BCUT2D eigenvalue weighted by Gasteiger charge is 2.37. The van der Waals surface area contributed by atoms with Crippen molar-refractivity contribution in [2.75, 3.05) is 21.2 Å². The zero-order valence-electron chi connectivity index (χ0n) is 27.0. The maximum Gasteiger partial charge on any atom is 0.303 e. The van der Waals surface area contributed by atoms with Gasteiger partial charge in [0.1, 0.15) is 29.9 Å². The number of carbonyl (C=O) groups is 1. The second-order valence-corrected chi connectivity index (χ2v) is 11.5. The van der Waals surface area contributed by atoms with E-state index in [1.807, 2.05) is 83.8 Å². The molecule has 5 atom stereocenters. The van der Waals surface area contributed by atoms with Crippen LogP contribution in [-0.4, -0.2) is 84.1 Å². The molecule has 0 radical (unpaired) electrons. The molecule has 1 aromatic carbocycles. The van der Waals surface area contributed by atoms with E-state index in [9.17, 15) is 24.3 Å². The van der Waals surface area contributed by atoms with Crippen molar-refractivity contribution in [1.29, 1.82) is 0 Å². The van der Waals surface area contributed by atoms with Crippen LogP contribution in [0.3, 0.4) is 0 Å². The average Bonchev–Trinajstić information content (AvgIpc) is 2.98. The second-order valence-electron chi connectivity index (χ2n) is 11.5. The third-order valence-electron chi connectivity index (χ3n) is 7.84. The predicted molar refractivity (Wildman–Crippen MR) is 166 cm³/mol. The van der Waals surface area contributed by atoms with Gasteiger partial charge in [-0.25, -0.2) is 14.4 Å². The van der Waals surface area contributed by atoms with E-state index in [2.05, 4.69) is 11.3 Å². The lowest BCUT2D eigenvalue weighted by Crippen LogP contribution is -2.53. The van der Waals surface area contributed by atoms with Crippen molar-refractivity contribution >= 4 is 23.8 Å². The number of nitrogens with one attached hydrogen (secondary N) is 1. The van der Waals surface area contributed by atoms with E-state index in [0.717, 1.165) is 12.0 Å². The highest BCUT2D eigenvalue weighted by molar-refractivity contribution is 5.66. The number of carboxylic acids is 1.